The highest BCUT2D eigenvalue weighted by molar-refractivity contribution is 4.96. The molecule has 0 aliphatic heterocycles. The van der Waals surface area contributed by atoms with Gasteiger partial charge in [-0.3, -0.25) is 5.84 Å². The van der Waals surface area contributed by atoms with Crippen LogP contribution in [0.25, 0.3) is 0 Å². The molecular weight excluding hydrogens is 186 g/mol. The van der Waals surface area contributed by atoms with Crippen molar-refractivity contribution in [3.05, 3.63) is 11.9 Å². The van der Waals surface area contributed by atoms with E-state index in [0.29, 0.717) is 0 Å². The molecule has 0 bridgehead atoms. The summed E-state index contributed by atoms with van der Waals surface area (Å²) in [7, 11) is 0. The Morgan fingerprint density at radius 1 is 1.07 bits per heavy atom. The number of nitrogens with one attached hydrogen (secondary N) is 2. The first-order chi connectivity index (χ1) is 7.35. The van der Waals surface area contributed by atoms with Crippen LogP contribution in [0.5, 0.6) is 0 Å². The van der Waals surface area contributed by atoms with E-state index in [1.807, 2.05) is 6.20 Å². The van der Waals surface area contributed by atoms with Crippen molar-refractivity contribution in [2.75, 3.05) is 6.54 Å². The Bertz CT molecular complexity index is 155. The van der Waals surface area contributed by atoms with E-state index in [1.54, 1.807) is 0 Å². The van der Waals surface area contributed by atoms with Gasteiger partial charge in [0.1, 0.15) is 0 Å². The molecule has 0 rings (SSSR count). The summed E-state index contributed by atoms with van der Waals surface area (Å²) in [6.07, 6.45) is 10.6. The van der Waals surface area contributed by atoms with Crippen LogP contribution in [0, 0.1) is 0 Å². The molecule has 4 N–H and O–H groups in total. The fourth-order valence-electron chi connectivity index (χ4n) is 1.40. The van der Waals surface area contributed by atoms with E-state index in [9.17, 15) is 0 Å². The van der Waals surface area contributed by atoms with E-state index < -0.39 is 0 Å². The van der Waals surface area contributed by atoms with Crippen LogP contribution in [0.3, 0.4) is 0 Å². The standard InChI is InChI=1S/C12H27N3/c1-3-5-7-8-9-12(15-13)11-14-10-6-4-2/h11,14-15H,3-10,13H2,1-2H3/b12-11-. The van der Waals surface area contributed by atoms with Crippen LogP contribution >= 0.6 is 0 Å². The van der Waals surface area contributed by atoms with Crippen LogP contribution in [-0.2, 0) is 0 Å². The minimum Gasteiger partial charge on any atom is -0.389 e. The van der Waals surface area contributed by atoms with Crippen molar-refractivity contribution in [2.24, 2.45) is 5.84 Å². The normalized spacial score (nSPS) is 11.5. The molecule has 0 fully saturated rings. The van der Waals surface area contributed by atoms with E-state index in [4.69, 9.17) is 5.84 Å². The molecule has 0 heterocycles. The average Bonchev–Trinajstić information content (AvgIpc) is 2.27. The molecule has 15 heavy (non-hydrogen) atoms. The van der Waals surface area contributed by atoms with Gasteiger partial charge in [0.15, 0.2) is 0 Å². The van der Waals surface area contributed by atoms with E-state index in [0.717, 1.165) is 18.7 Å². The number of hydrogen-bond acceptors (Lipinski definition) is 3. The molecule has 0 saturated carbocycles. The van der Waals surface area contributed by atoms with Gasteiger partial charge in [0.25, 0.3) is 0 Å². The Hall–Kier alpha value is -0.700. The predicted molar refractivity (Wildman–Crippen MR) is 67.1 cm³/mol. The first kappa shape index (κ1) is 14.3. The van der Waals surface area contributed by atoms with Crippen molar-refractivity contribution in [1.82, 2.24) is 10.7 Å². The van der Waals surface area contributed by atoms with Gasteiger partial charge in [0, 0.05) is 18.4 Å². The largest absolute Gasteiger partial charge is 0.389 e. The number of allylic oxidation sites excluding steroid dienone is 1. The van der Waals surface area contributed by atoms with Crippen molar-refractivity contribution < 1.29 is 0 Å². The fourth-order valence-corrected chi connectivity index (χ4v) is 1.40. The van der Waals surface area contributed by atoms with Gasteiger partial charge in [-0.1, -0.05) is 39.5 Å². The zero-order valence-corrected chi connectivity index (χ0v) is 10.3. The second-order valence-electron chi connectivity index (χ2n) is 3.93. The monoisotopic (exact) mass is 213 g/mol. The van der Waals surface area contributed by atoms with Crippen LogP contribution in [0.4, 0.5) is 0 Å². The van der Waals surface area contributed by atoms with Gasteiger partial charge in [-0.2, -0.15) is 0 Å². The minimum absolute atomic E-state index is 1.04. The molecule has 90 valence electrons. The van der Waals surface area contributed by atoms with Gasteiger partial charge in [-0.15, -0.1) is 0 Å². The van der Waals surface area contributed by atoms with Gasteiger partial charge in [0.2, 0.25) is 0 Å². The quantitative estimate of drug-likeness (QED) is 0.297. The lowest BCUT2D eigenvalue weighted by molar-refractivity contribution is 0.635. The summed E-state index contributed by atoms with van der Waals surface area (Å²) in [6.45, 7) is 5.46. The maximum absolute atomic E-state index is 5.44. The lowest BCUT2D eigenvalue weighted by atomic mass is 10.1. The van der Waals surface area contributed by atoms with Crippen LogP contribution in [0.2, 0.25) is 0 Å². The molecule has 0 saturated heterocycles. The number of hydrazine groups is 1. The predicted octanol–water partition coefficient (Wildman–Crippen LogP) is 2.65. The second kappa shape index (κ2) is 11.4. The third-order valence-electron chi connectivity index (χ3n) is 2.44. The smallest absolute Gasteiger partial charge is 0.0415 e. The second-order valence-corrected chi connectivity index (χ2v) is 3.93. The summed E-state index contributed by atoms with van der Waals surface area (Å²) in [5, 5.41) is 3.27. The number of unbranched alkanes of at least 4 members (excludes halogenated alkanes) is 4. The maximum atomic E-state index is 5.44. The molecule has 0 radical (unpaired) electrons. The fraction of sp³-hybridized carbons (Fsp3) is 0.833. The van der Waals surface area contributed by atoms with Gasteiger partial charge >= 0.3 is 0 Å². The summed E-state index contributed by atoms with van der Waals surface area (Å²) in [5.74, 6) is 5.44. The molecule has 0 aliphatic rings. The molecule has 0 amide bonds. The third kappa shape index (κ3) is 9.60. The topological polar surface area (TPSA) is 50.1 Å². The van der Waals surface area contributed by atoms with Crippen molar-refractivity contribution >= 4 is 0 Å². The van der Waals surface area contributed by atoms with Crippen molar-refractivity contribution in [3.63, 3.8) is 0 Å². The number of nitrogens with two attached hydrogens (primary N) is 1. The van der Waals surface area contributed by atoms with Crippen molar-refractivity contribution in [3.8, 4) is 0 Å². The number of hydrogen-bond donors (Lipinski definition) is 3. The molecule has 0 aromatic rings. The van der Waals surface area contributed by atoms with Crippen molar-refractivity contribution in [1.29, 1.82) is 0 Å². The Morgan fingerprint density at radius 3 is 2.40 bits per heavy atom. The molecule has 0 aliphatic carbocycles. The maximum Gasteiger partial charge on any atom is 0.0415 e. The Morgan fingerprint density at radius 2 is 1.80 bits per heavy atom. The van der Waals surface area contributed by atoms with E-state index in [2.05, 4.69) is 24.6 Å². The summed E-state index contributed by atoms with van der Waals surface area (Å²) in [5.41, 5.74) is 3.87. The van der Waals surface area contributed by atoms with E-state index >= 15 is 0 Å². The molecule has 0 atom stereocenters. The zero-order chi connectivity index (χ0) is 11.4. The summed E-state index contributed by atoms with van der Waals surface area (Å²) >= 11 is 0. The van der Waals surface area contributed by atoms with Gasteiger partial charge in [0.05, 0.1) is 0 Å². The van der Waals surface area contributed by atoms with Crippen LogP contribution in [-0.4, -0.2) is 6.54 Å². The third-order valence-corrected chi connectivity index (χ3v) is 2.44. The minimum atomic E-state index is 1.04. The lowest BCUT2D eigenvalue weighted by Crippen LogP contribution is -2.23. The Kier molecular flexibility index (Phi) is 10.8. The highest BCUT2D eigenvalue weighted by atomic mass is 15.2. The highest BCUT2D eigenvalue weighted by Crippen LogP contribution is 2.06. The van der Waals surface area contributed by atoms with Crippen molar-refractivity contribution in [2.45, 2.75) is 58.8 Å². The SMILES string of the molecule is CCCCCC/C(=C/NCCCC)NN. The Labute approximate surface area is 94.5 Å². The molecular formula is C12H27N3. The van der Waals surface area contributed by atoms with Gasteiger partial charge in [-0.05, 0) is 19.3 Å². The highest BCUT2D eigenvalue weighted by Gasteiger charge is 1.94. The molecule has 3 heteroatoms. The summed E-state index contributed by atoms with van der Waals surface area (Å²) in [4.78, 5) is 0. The molecule has 0 spiro atoms. The molecule has 3 nitrogen and oxygen atoms in total. The Balaban J connectivity index is 3.51. The average molecular weight is 213 g/mol. The summed E-state index contributed by atoms with van der Waals surface area (Å²) in [6, 6.07) is 0. The van der Waals surface area contributed by atoms with Gasteiger partial charge < -0.3 is 10.7 Å². The summed E-state index contributed by atoms with van der Waals surface area (Å²) < 4.78 is 0. The molecule has 0 unspecified atom stereocenters. The van der Waals surface area contributed by atoms with Crippen LogP contribution in [0.1, 0.15) is 58.8 Å². The zero-order valence-electron chi connectivity index (χ0n) is 10.3. The first-order valence-corrected chi connectivity index (χ1v) is 6.24. The van der Waals surface area contributed by atoms with E-state index in [1.165, 1.54) is 38.5 Å². The lowest BCUT2D eigenvalue weighted by Gasteiger charge is -2.07. The number of rotatable bonds is 10. The molecule has 0 aromatic carbocycles. The van der Waals surface area contributed by atoms with Crippen LogP contribution in [0.15, 0.2) is 11.9 Å². The van der Waals surface area contributed by atoms with Crippen LogP contribution < -0.4 is 16.6 Å². The molecule has 0 aromatic heterocycles. The first-order valence-electron chi connectivity index (χ1n) is 6.24. The van der Waals surface area contributed by atoms with Gasteiger partial charge in [-0.25, -0.2) is 0 Å². The van der Waals surface area contributed by atoms with E-state index in [-0.39, 0.29) is 0 Å².